The maximum Gasteiger partial charge on any atom is 0.173 e. The third-order valence-corrected chi connectivity index (χ3v) is 0.912. The number of alkyl halides is 1. The molecule has 0 radical (unpaired) electrons. The fourth-order valence-electron chi connectivity index (χ4n) is 0.265. The number of ketones is 1. The second-order valence-electron chi connectivity index (χ2n) is 1.36. The average Bonchev–Trinajstić information content (AvgIpc) is 1.89. The lowest BCUT2D eigenvalue weighted by Crippen LogP contribution is -1.92. The van der Waals surface area contributed by atoms with Gasteiger partial charge in [-0.05, 0) is 6.92 Å². The van der Waals surface area contributed by atoms with E-state index in [0.717, 1.165) is 0 Å². The molecule has 0 aliphatic carbocycles. The first kappa shape index (κ1) is 8.50. The highest BCUT2D eigenvalue weighted by molar-refractivity contribution is 6.29. The first-order valence-corrected chi connectivity index (χ1v) is 3.21. The van der Waals surface area contributed by atoms with Gasteiger partial charge >= 0.3 is 0 Å². The summed E-state index contributed by atoms with van der Waals surface area (Å²) in [5, 5.41) is 0. The minimum absolute atomic E-state index is 0.0174. The average molecular weight is 149 g/mol. The molecule has 0 amide bonds. The van der Waals surface area contributed by atoms with Crippen LogP contribution in [0.2, 0.25) is 0 Å². The summed E-state index contributed by atoms with van der Waals surface area (Å²) in [5.41, 5.74) is 0. The summed E-state index contributed by atoms with van der Waals surface area (Å²) in [4.78, 5) is 10.4. The molecule has 2 nitrogen and oxygen atoms in total. The van der Waals surface area contributed by atoms with Crippen LogP contribution in [0, 0.1) is 0 Å². The number of carbonyl (C=O) groups is 1. The monoisotopic (exact) mass is 148 g/mol. The van der Waals surface area contributed by atoms with Crippen molar-refractivity contribution in [1.29, 1.82) is 0 Å². The predicted molar refractivity (Wildman–Crippen MR) is 36.5 cm³/mol. The summed E-state index contributed by atoms with van der Waals surface area (Å²) in [6.45, 7) is 2.42. The summed E-state index contributed by atoms with van der Waals surface area (Å²) in [7, 11) is 0. The Morgan fingerprint density at radius 2 is 2.44 bits per heavy atom. The molecular formula is C6H9ClO2. The first-order valence-electron chi connectivity index (χ1n) is 2.68. The van der Waals surface area contributed by atoms with Crippen LogP contribution in [0.1, 0.15) is 6.92 Å². The van der Waals surface area contributed by atoms with Crippen molar-refractivity contribution in [3.05, 3.63) is 12.3 Å². The zero-order valence-corrected chi connectivity index (χ0v) is 6.02. The van der Waals surface area contributed by atoms with Gasteiger partial charge in [-0.25, -0.2) is 0 Å². The molecule has 3 heteroatoms. The van der Waals surface area contributed by atoms with Gasteiger partial charge in [0, 0.05) is 6.08 Å². The maximum atomic E-state index is 10.4. The van der Waals surface area contributed by atoms with Gasteiger partial charge < -0.3 is 4.74 Å². The molecule has 0 heterocycles. The summed E-state index contributed by atoms with van der Waals surface area (Å²) in [6, 6.07) is 0. The van der Waals surface area contributed by atoms with Crippen LogP contribution in [0.3, 0.4) is 0 Å². The van der Waals surface area contributed by atoms with E-state index in [0.29, 0.717) is 6.61 Å². The summed E-state index contributed by atoms with van der Waals surface area (Å²) in [6.07, 6.45) is 2.67. The van der Waals surface area contributed by atoms with Crippen LogP contribution in [0.5, 0.6) is 0 Å². The maximum absolute atomic E-state index is 10.4. The molecular weight excluding hydrogens is 140 g/mol. The molecule has 0 fully saturated rings. The van der Waals surface area contributed by atoms with Gasteiger partial charge in [0.05, 0.1) is 18.7 Å². The third-order valence-electron chi connectivity index (χ3n) is 0.649. The van der Waals surface area contributed by atoms with Crippen molar-refractivity contribution < 1.29 is 9.53 Å². The highest BCUT2D eigenvalue weighted by Crippen LogP contribution is 1.82. The van der Waals surface area contributed by atoms with Crippen LogP contribution in [0.25, 0.3) is 0 Å². The van der Waals surface area contributed by atoms with E-state index in [1.54, 1.807) is 0 Å². The molecule has 0 saturated carbocycles. The fourth-order valence-corrected chi connectivity index (χ4v) is 0.354. The smallest absolute Gasteiger partial charge is 0.173 e. The van der Waals surface area contributed by atoms with Crippen LogP contribution >= 0.6 is 11.6 Å². The van der Waals surface area contributed by atoms with Crippen LogP contribution in [-0.4, -0.2) is 18.3 Å². The Bertz CT molecular complexity index is 110. The summed E-state index contributed by atoms with van der Waals surface area (Å²) < 4.78 is 4.75. The van der Waals surface area contributed by atoms with E-state index < -0.39 is 0 Å². The van der Waals surface area contributed by atoms with Crippen molar-refractivity contribution in [2.45, 2.75) is 6.92 Å². The van der Waals surface area contributed by atoms with Crippen LogP contribution < -0.4 is 0 Å². The third kappa shape index (κ3) is 5.37. The summed E-state index contributed by atoms with van der Waals surface area (Å²) >= 11 is 5.17. The van der Waals surface area contributed by atoms with E-state index in [4.69, 9.17) is 16.3 Å². The van der Waals surface area contributed by atoms with Crippen LogP contribution in [-0.2, 0) is 9.53 Å². The van der Waals surface area contributed by atoms with Crippen molar-refractivity contribution in [2.24, 2.45) is 0 Å². The van der Waals surface area contributed by atoms with Crippen LogP contribution in [0.4, 0.5) is 0 Å². The molecule has 0 atom stereocenters. The molecule has 0 N–H and O–H groups in total. The molecule has 0 aliphatic heterocycles. The molecule has 0 saturated heterocycles. The van der Waals surface area contributed by atoms with Crippen molar-refractivity contribution in [3.8, 4) is 0 Å². The van der Waals surface area contributed by atoms with E-state index in [1.807, 2.05) is 6.92 Å². The molecule has 0 aliphatic rings. The predicted octanol–water partition coefficient (Wildman–Crippen LogP) is 1.34. The highest BCUT2D eigenvalue weighted by atomic mass is 35.5. The van der Waals surface area contributed by atoms with Crippen molar-refractivity contribution in [3.63, 3.8) is 0 Å². The number of allylic oxidation sites excluding steroid dienone is 1. The minimum atomic E-state index is -0.134. The lowest BCUT2D eigenvalue weighted by atomic mass is 10.4. The quantitative estimate of drug-likeness (QED) is 0.342. The summed E-state index contributed by atoms with van der Waals surface area (Å²) in [5.74, 6) is -0.117. The zero-order chi connectivity index (χ0) is 7.11. The molecule has 0 aromatic heterocycles. The minimum Gasteiger partial charge on any atom is -0.501 e. The lowest BCUT2D eigenvalue weighted by molar-refractivity contribution is -0.112. The van der Waals surface area contributed by atoms with E-state index >= 15 is 0 Å². The SMILES string of the molecule is CCO/C=C/C(=O)CCl. The Balaban J connectivity index is 3.32. The highest BCUT2D eigenvalue weighted by Gasteiger charge is 1.88. The number of hydrogen-bond donors (Lipinski definition) is 0. The Kier molecular flexibility index (Phi) is 5.32. The van der Waals surface area contributed by atoms with Gasteiger partial charge in [0.1, 0.15) is 0 Å². The van der Waals surface area contributed by atoms with Crippen molar-refractivity contribution in [1.82, 2.24) is 0 Å². The van der Waals surface area contributed by atoms with E-state index in [2.05, 4.69) is 0 Å². The standard InChI is InChI=1S/C6H9ClO2/c1-2-9-4-3-6(8)5-7/h3-4H,2,5H2,1H3/b4-3+. The van der Waals surface area contributed by atoms with E-state index in [-0.39, 0.29) is 11.7 Å². The van der Waals surface area contributed by atoms with Gasteiger partial charge in [0.25, 0.3) is 0 Å². The Morgan fingerprint density at radius 1 is 1.78 bits per heavy atom. The van der Waals surface area contributed by atoms with Gasteiger partial charge in [-0.1, -0.05) is 0 Å². The zero-order valence-electron chi connectivity index (χ0n) is 5.26. The van der Waals surface area contributed by atoms with Crippen molar-refractivity contribution >= 4 is 17.4 Å². The van der Waals surface area contributed by atoms with E-state index in [1.165, 1.54) is 12.3 Å². The number of carbonyl (C=O) groups excluding carboxylic acids is 1. The topological polar surface area (TPSA) is 26.3 Å². The molecule has 0 unspecified atom stereocenters. The van der Waals surface area contributed by atoms with Crippen molar-refractivity contribution in [2.75, 3.05) is 12.5 Å². The lowest BCUT2D eigenvalue weighted by Gasteiger charge is -1.89. The molecule has 0 spiro atoms. The Morgan fingerprint density at radius 3 is 2.89 bits per heavy atom. The number of halogens is 1. The molecule has 9 heavy (non-hydrogen) atoms. The normalized spacial score (nSPS) is 10.0. The van der Waals surface area contributed by atoms with Gasteiger partial charge in [-0.3, -0.25) is 4.79 Å². The van der Waals surface area contributed by atoms with Crippen LogP contribution in [0.15, 0.2) is 12.3 Å². The fraction of sp³-hybridized carbons (Fsp3) is 0.500. The van der Waals surface area contributed by atoms with Gasteiger partial charge in [-0.15, -0.1) is 11.6 Å². The van der Waals surface area contributed by atoms with Gasteiger partial charge in [0.15, 0.2) is 5.78 Å². The number of hydrogen-bond acceptors (Lipinski definition) is 2. The Labute approximate surface area is 59.5 Å². The first-order chi connectivity index (χ1) is 4.31. The molecule has 0 bridgehead atoms. The molecule has 0 aromatic rings. The molecule has 52 valence electrons. The second kappa shape index (κ2) is 5.63. The number of ether oxygens (including phenoxy) is 1. The second-order valence-corrected chi connectivity index (χ2v) is 1.63. The largest absolute Gasteiger partial charge is 0.501 e. The van der Waals surface area contributed by atoms with Gasteiger partial charge in [-0.2, -0.15) is 0 Å². The molecule has 0 rings (SSSR count). The molecule has 0 aromatic carbocycles. The van der Waals surface area contributed by atoms with E-state index in [9.17, 15) is 4.79 Å². The Hall–Kier alpha value is -0.500. The number of rotatable bonds is 4. The van der Waals surface area contributed by atoms with Gasteiger partial charge in [0.2, 0.25) is 0 Å².